The van der Waals surface area contributed by atoms with Gasteiger partial charge in [-0.15, -0.1) is 12.4 Å². The number of rotatable bonds is 17. The smallest absolute Gasteiger partial charge is 0.243 e. The minimum absolute atomic E-state index is 0. The Labute approximate surface area is 280 Å². The molecule has 0 fully saturated rings. The van der Waals surface area contributed by atoms with Crippen molar-refractivity contribution in [2.24, 2.45) is 11.3 Å². The Morgan fingerprint density at radius 2 is 1.72 bits per heavy atom. The fraction of sp³-hybridized carbons (Fsp3) is 0.562. The summed E-state index contributed by atoms with van der Waals surface area (Å²) in [5.41, 5.74) is 0.176. The Bertz CT molecular complexity index is 1380. The number of methoxy groups -OCH3 is 1. The largest absolute Gasteiger partial charge is 0.454 e. The lowest BCUT2D eigenvalue weighted by atomic mass is 9.85. The molecule has 12 nitrogen and oxygen atoms in total. The van der Waals surface area contributed by atoms with Crippen LogP contribution in [0.2, 0.25) is 0 Å². The zero-order chi connectivity index (χ0) is 33.2. The summed E-state index contributed by atoms with van der Waals surface area (Å²) in [6, 6.07) is 11.9. The molecule has 14 heteroatoms. The van der Waals surface area contributed by atoms with E-state index in [1.165, 1.54) is 16.4 Å². The molecule has 0 spiro atoms. The van der Waals surface area contributed by atoms with Crippen LogP contribution in [0.25, 0.3) is 0 Å². The molecule has 4 N–H and O–H groups in total. The first-order chi connectivity index (χ1) is 21.2. The Hall–Kier alpha value is -2.94. The van der Waals surface area contributed by atoms with Gasteiger partial charge in [0.25, 0.3) is 0 Å². The number of benzene rings is 2. The minimum atomic E-state index is -4.06. The maximum absolute atomic E-state index is 13.9. The van der Waals surface area contributed by atoms with Gasteiger partial charge < -0.3 is 35.3 Å². The van der Waals surface area contributed by atoms with Crippen LogP contribution in [0, 0.1) is 11.3 Å². The number of carbonyl (C=O) groups is 2. The first-order valence-corrected chi connectivity index (χ1v) is 16.6. The van der Waals surface area contributed by atoms with E-state index < -0.39 is 39.5 Å². The van der Waals surface area contributed by atoms with E-state index in [9.17, 15) is 23.1 Å². The summed E-state index contributed by atoms with van der Waals surface area (Å²) < 4.78 is 44.7. The molecule has 1 heterocycles. The molecule has 0 saturated carbocycles. The van der Waals surface area contributed by atoms with Crippen molar-refractivity contribution < 1.29 is 38.8 Å². The van der Waals surface area contributed by atoms with Crippen molar-refractivity contribution in [2.75, 3.05) is 46.7 Å². The van der Waals surface area contributed by atoms with E-state index in [0.717, 1.165) is 5.56 Å². The van der Waals surface area contributed by atoms with E-state index in [1.807, 2.05) is 65.0 Å². The van der Waals surface area contributed by atoms with Crippen LogP contribution in [0.3, 0.4) is 0 Å². The highest BCUT2D eigenvalue weighted by molar-refractivity contribution is 7.89. The first-order valence-electron chi connectivity index (χ1n) is 15.1. The third-order valence-corrected chi connectivity index (χ3v) is 9.06. The monoisotopic (exact) mass is 686 g/mol. The lowest BCUT2D eigenvalue weighted by Gasteiger charge is -2.34. The van der Waals surface area contributed by atoms with Gasteiger partial charge in [-0.05, 0) is 35.4 Å². The summed E-state index contributed by atoms with van der Waals surface area (Å²) in [6.07, 6.45) is -1.06. The molecule has 260 valence electrons. The van der Waals surface area contributed by atoms with E-state index in [0.29, 0.717) is 24.7 Å². The molecule has 46 heavy (non-hydrogen) atoms. The number of halogens is 1. The van der Waals surface area contributed by atoms with Crippen LogP contribution in [-0.2, 0) is 30.8 Å². The molecule has 1 aliphatic heterocycles. The highest BCUT2D eigenvalue weighted by atomic mass is 35.5. The third kappa shape index (κ3) is 11.4. The van der Waals surface area contributed by atoms with Crippen molar-refractivity contribution in [2.45, 2.75) is 64.1 Å². The van der Waals surface area contributed by atoms with Crippen LogP contribution in [0.15, 0.2) is 53.4 Å². The van der Waals surface area contributed by atoms with Gasteiger partial charge in [0.05, 0.1) is 30.2 Å². The molecule has 0 unspecified atom stereocenters. The number of amides is 2. The Morgan fingerprint density at radius 1 is 1.04 bits per heavy atom. The van der Waals surface area contributed by atoms with Crippen molar-refractivity contribution in [1.82, 2.24) is 20.3 Å². The van der Waals surface area contributed by atoms with Crippen molar-refractivity contribution in [1.29, 1.82) is 0 Å². The summed E-state index contributed by atoms with van der Waals surface area (Å²) >= 11 is 0. The zero-order valence-electron chi connectivity index (χ0n) is 27.4. The van der Waals surface area contributed by atoms with Gasteiger partial charge in [0.2, 0.25) is 28.6 Å². The highest BCUT2D eigenvalue weighted by Gasteiger charge is 2.37. The second-order valence-electron chi connectivity index (χ2n) is 12.6. The molecule has 3 atom stereocenters. The number of hydrogen-bond donors (Lipinski definition) is 4. The number of aliphatic hydroxyl groups is 1. The zero-order valence-corrected chi connectivity index (χ0v) is 29.1. The van der Waals surface area contributed by atoms with Gasteiger partial charge >= 0.3 is 0 Å². The van der Waals surface area contributed by atoms with Crippen LogP contribution >= 0.6 is 12.4 Å². The maximum atomic E-state index is 13.9. The Balaban J connectivity index is 0.00000552. The summed E-state index contributed by atoms with van der Waals surface area (Å²) in [5, 5.41) is 20.3. The molecule has 0 aliphatic carbocycles. The molecule has 2 amide bonds. The number of ether oxygens (including phenoxy) is 3. The number of hydrogen-bond acceptors (Lipinski definition) is 9. The molecule has 0 radical (unpaired) electrons. The van der Waals surface area contributed by atoms with Gasteiger partial charge in [-0.3, -0.25) is 9.59 Å². The molecule has 2 aromatic carbocycles. The second-order valence-corrected chi connectivity index (χ2v) is 14.6. The highest BCUT2D eigenvalue weighted by Crippen LogP contribution is 2.35. The van der Waals surface area contributed by atoms with E-state index in [1.54, 1.807) is 13.2 Å². The summed E-state index contributed by atoms with van der Waals surface area (Å²) in [4.78, 5) is 26.5. The predicted octanol–water partition coefficient (Wildman–Crippen LogP) is 2.59. The lowest BCUT2D eigenvalue weighted by Crippen LogP contribution is -2.59. The molecule has 0 bridgehead atoms. The maximum Gasteiger partial charge on any atom is 0.243 e. The first kappa shape index (κ1) is 39.2. The Morgan fingerprint density at radius 3 is 2.35 bits per heavy atom. The molecule has 2 aromatic rings. The summed E-state index contributed by atoms with van der Waals surface area (Å²) in [6.45, 7) is 10.1. The van der Waals surface area contributed by atoms with Crippen molar-refractivity contribution in [3.8, 4) is 11.5 Å². The number of nitrogens with zero attached hydrogens (tertiary/aromatic N) is 1. The molecular weight excluding hydrogens is 636 g/mol. The van der Waals surface area contributed by atoms with E-state index in [4.69, 9.17) is 14.2 Å². The van der Waals surface area contributed by atoms with Crippen LogP contribution in [0.4, 0.5) is 0 Å². The van der Waals surface area contributed by atoms with Gasteiger partial charge in [-0.1, -0.05) is 65.0 Å². The van der Waals surface area contributed by atoms with E-state index >= 15 is 0 Å². The Kier molecular flexibility index (Phi) is 15.2. The number of sulfonamides is 1. The molecular formula is C32H51ClN4O8S. The van der Waals surface area contributed by atoms with Gasteiger partial charge in [0, 0.05) is 34.2 Å². The normalized spacial score (nSPS) is 14.8. The van der Waals surface area contributed by atoms with Crippen LogP contribution in [0.5, 0.6) is 11.5 Å². The average molecular weight is 687 g/mol. The molecule has 3 rings (SSSR count). The van der Waals surface area contributed by atoms with E-state index in [-0.39, 0.29) is 63.4 Å². The number of fused-ring (bicyclic) bond motifs is 1. The van der Waals surface area contributed by atoms with Gasteiger partial charge in [-0.25, -0.2) is 8.42 Å². The summed E-state index contributed by atoms with van der Waals surface area (Å²) in [5.74, 6) is -0.108. The lowest BCUT2D eigenvalue weighted by molar-refractivity contribution is -0.132. The van der Waals surface area contributed by atoms with Crippen molar-refractivity contribution >= 4 is 34.2 Å². The predicted molar refractivity (Wildman–Crippen MR) is 180 cm³/mol. The second kappa shape index (κ2) is 17.8. The number of aliphatic hydroxyl groups excluding tert-OH is 1. The molecule has 1 aliphatic rings. The van der Waals surface area contributed by atoms with Crippen LogP contribution < -0.4 is 25.4 Å². The quantitative estimate of drug-likeness (QED) is 0.184. The van der Waals surface area contributed by atoms with Crippen LogP contribution in [-0.4, -0.2) is 94.5 Å². The van der Waals surface area contributed by atoms with Crippen molar-refractivity contribution in [3.63, 3.8) is 0 Å². The fourth-order valence-electron chi connectivity index (χ4n) is 4.88. The summed E-state index contributed by atoms with van der Waals surface area (Å²) in [7, 11) is -2.50. The SMILES string of the molecule is COCCNCC(=O)N[C@H](C(=O)N[C@@H](Cc1ccccc1)[C@H](O)CN(CC(C)C)S(=O)(=O)c1ccc2c(c1)OCO2)C(C)(C)C.Cl.[HH]. The minimum Gasteiger partial charge on any atom is -0.454 e. The molecule has 0 aromatic heterocycles. The molecule has 0 saturated heterocycles. The van der Waals surface area contributed by atoms with Gasteiger partial charge in [-0.2, -0.15) is 4.31 Å². The topological polar surface area (TPSA) is 156 Å². The van der Waals surface area contributed by atoms with Gasteiger partial charge in [0.15, 0.2) is 11.5 Å². The number of nitrogens with one attached hydrogen (secondary N) is 3. The number of carbonyl (C=O) groups excluding carboxylic acids is 2. The average Bonchev–Trinajstić information content (AvgIpc) is 3.45. The van der Waals surface area contributed by atoms with Crippen molar-refractivity contribution in [3.05, 3.63) is 54.1 Å². The van der Waals surface area contributed by atoms with Gasteiger partial charge in [0.1, 0.15) is 6.04 Å². The third-order valence-electron chi connectivity index (χ3n) is 7.23. The van der Waals surface area contributed by atoms with E-state index in [2.05, 4.69) is 16.0 Å². The van der Waals surface area contributed by atoms with Crippen LogP contribution in [0.1, 0.15) is 41.6 Å². The standard InChI is InChI=1S/C32H48N4O8S.ClH.H2/c1-22(2)19-36(45(40,41)24-12-13-27-28(17-24)44-21-43-27)20-26(37)25(16-23-10-8-7-9-11-23)34-31(39)30(32(3,4)5)35-29(38)18-33-14-15-42-6;;/h7-13,17,22,25-26,30,33,37H,14-16,18-21H2,1-6H3,(H,34,39)(H,35,38);2*1H/t25-,26+,30+;;/m0../s1. The fourth-order valence-corrected chi connectivity index (χ4v) is 6.52.